The van der Waals surface area contributed by atoms with Crippen LogP contribution in [0.4, 0.5) is 0 Å². The van der Waals surface area contributed by atoms with Crippen LogP contribution in [0.25, 0.3) is 0 Å². The molecule has 1 aromatic carbocycles. The first-order valence-electron chi connectivity index (χ1n) is 5.61. The van der Waals surface area contributed by atoms with Crippen molar-refractivity contribution in [3.05, 3.63) is 47.2 Å². The van der Waals surface area contributed by atoms with Gasteiger partial charge in [0, 0.05) is 0 Å². The zero-order valence-electron chi connectivity index (χ0n) is 10.1. The van der Waals surface area contributed by atoms with E-state index >= 15 is 0 Å². The van der Waals surface area contributed by atoms with Crippen LogP contribution in [-0.2, 0) is 0 Å². The molecular formula is C14H20O2. The SMILES string of the molecule is C/C(O)=C/C(O)C[C@H](C)c1ccc(C)cc1. The Labute approximate surface area is 97.2 Å². The zero-order chi connectivity index (χ0) is 12.1. The quantitative estimate of drug-likeness (QED) is 0.764. The van der Waals surface area contributed by atoms with Crippen LogP contribution < -0.4 is 0 Å². The molecule has 0 saturated carbocycles. The Bertz CT molecular complexity index is 348. The largest absolute Gasteiger partial charge is 0.513 e. The van der Waals surface area contributed by atoms with E-state index in [0.717, 1.165) is 0 Å². The highest BCUT2D eigenvalue weighted by Crippen LogP contribution is 2.21. The summed E-state index contributed by atoms with van der Waals surface area (Å²) in [7, 11) is 0. The number of hydrogen-bond donors (Lipinski definition) is 2. The van der Waals surface area contributed by atoms with Gasteiger partial charge in [0.25, 0.3) is 0 Å². The van der Waals surface area contributed by atoms with Gasteiger partial charge in [-0.25, -0.2) is 0 Å². The van der Waals surface area contributed by atoms with Crippen LogP contribution in [-0.4, -0.2) is 16.3 Å². The molecule has 1 unspecified atom stereocenters. The van der Waals surface area contributed by atoms with Gasteiger partial charge < -0.3 is 10.2 Å². The number of aliphatic hydroxyl groups is 2. The predicted molar refractivity (Wildman–Crippen MR) is 66.6 cm³/mol. The van der Waals surface area contributed by atoms with Crippen LogP contribution >= 0.6 is 0 Å². The van der Waals surface area contributed by atoms with Crippen molar-refractivity contribution in [2.24, 2.45) is 0 Å². The van der Waals surface area contributed by atoms with Gasteiger partial charge in [-0.05, 0) is 37.8 Å². The van der Waals surface area contributed by atoms with E-state index < -0.39 is 6.10 Å². The smallest absolute Gasteiger partial charge is 0.0877 e. The minimum absolute atomic E-state index is 0.170. The van der Waals surface area contributed by atoms with Crippen LogP contribution in [0.3, 0.4) is 0 Å². The molecule has 88 valence electrons. The third-order valence-corrected chi connectivity index (χ3v) is 2.68. The molecule has 0 aliphatic rings. The highest BCUT2D eigenvalue weighted by molar-refractivity contribution is 5.24. The molecule has 0 aliphatic carbocycles. The van der Waals surface area contributed by atoms with E-state index in [2.05, 4.69) is 38.1 Å². The van der Waals surface area contributed by atoms with Crippen molar-refractivity contribution in [3.63, 3.8) is 0 Å². The molecule has 0 amide bonds. The molecule has 0 fully saturated rings. The predicted octanol–water partition coefficient (Wildman–Crippen LogP) is 3.31. The number of benzene rings is 1. The normalized spacial score (nSPS) is 15.9. The summed E-state index contributed by atoms with van der Waals surface area (Å²) in [6.45, 7) is 5.70. The van der Waals surface area contributed by atoms with Gasteiger partial charge in [0.1, 0.15) is 0 Å². The number of hydrogen-bond acceptors (Lipinski definition) is 2. The van der Waals surface area contributed by atoms with Crippen LogP contribution in [0.1, 0.15) is 37.3 Å². The van der Waals surface area contributed by atoms with Crippen LogP contribution in [0.2, 0.25) is 0 Å². The monoisotopic (exact) mass is 220 g/mol. The lowest BCUT2D eigenvalue weighted by Gasteiger charge is -2.14. The number of aliphatic hydroxyl groups excluding tert-OH is 2. The molecule has 2 nitrogen and oxygen atoms in total. The average molecular weight is 220 g/mol. The van der Waals surface area contributed by atoms with E-state index in [4.69, 9.17) is 5.11 Å². The summed E-state index contributed by atoms with van der Waals surface area (Å²) in [5.41, 5.74) is 2.45. The van der Waals surface area contributed by atoms with Crippen molar-refractivity contribution in [2.75, 3.05) is 0 Å². The summed E-state index contributed by atoms with van der Waals surface area (Å²) in [6, 6.07) is 8.32. The van der Waals surface area contributed by atoms with Crippen molar-refractivity contribution in [3.8, 4) is 0 Å². The summed E-state index contributed by atoms with van der Waals surface area (Å²) in [6.07, 6.45) is 1.52. The maximum atomic E-state index is 9.67. The van der Waals surface area contributed by atoms with Crippen molar-refractivity contribution in [2.45, 2.75) is 39.2 Å². The molecule has 1 aromatic rings. The van der Waals surface area contributed by atoms with E-state index in [0.29, 0.717) is 6.42 Å². The van der Waals surface area contributed by atoms with Gasteiger partial charge >= 0.3 is 0 Å². The molecule has 0 aromatic heterocycles. The van der Waals surface area contributed by atoms with E-state index in [1.54, 1.807) is 6.92 Å². The van der Waals surface area contributed by atoms with Crippen molar-refractivity contribution in [1.82, 2.24) is 0 Å². The van der Waals surface area contributed by atoms with E-state index in [1.807, 2.05) is 0 Å². The number of rotatable bonds is 4. The first-order valence-corrected chi connectivity index (χ1v) is 5.61. The Kier molecular flexibility index (Phi) is 4.56. The molecule has 2 heteroatoms. The van der Waals surface area contributed by atoms with E-state index in [1.165, 1.54) is 17.2 Å². The Balaban J connectivity index is 2.62. The summed E-state index contributed by atoms with van der Waals surface area (Å²) in [5.74, 6) is 0.454. The zero-order valence-corrected chi connectivity index (χ0v) is 10.1. The van der Waals surface area contributed by atoms with Gasteiger partial charge in [0.05, 0.1) is 11.9 Å². The molecule has 2 N–H and O–H groups in total. The molecule has 0 aliphatic heterocycles. The minimum Gasteiger partial charge on any atom is -0.513 e. The van der Waals surface area contributed by atoms with Gasteiger partial charge in [0.2, 0.25) is 0 Å². The second kappa shape index (κ2) is 5.71. The maximum absolute atomic E-state index is 9.67. The lowest BCUT2D eigenvalue weighted by atomic mass is 9.94. The second-order valence-electron chi connectivity index (χ2n) is 4.42. The van der Waals surface area contributed by atoms with Crippen LogP contribution in [0.15, 0.2) is 36.1 Å². The Morgan fingerprint density at radius 2 is 1.88 bits per heavy atom. The van der Waals surface area contributed by atoms with E-state index in [9.17, 15) is 5.11 Å². The highest BCUT2D eigenvalue weighted by atomic mass is 16.3. The van der Waals surface area contributed by atoms with Gasteiger partial charge in [-0.2, -0.15) is 0 Å². The number of allylic oxidation sites excluding steroid dienone is 1. The third kappa shape index (κ3) is 4.07. The van der Waals surface area contributed by atoms with Crippen LogP contribution in [0.5, 0.6) is 0 Å². The molecule has 0 heterocycles. The molecule has 0 radical (unpaired) electrons. The second-order valence-corrected chi connectivity index (χ2v) is 4.42. The minimum atomic E-state index is -0.582. The van der Waals surface area contributed by atoms with Gasteiger partial charge in [0.15, 0.2) is 0 Å². The van der Waals surface area contributed by atoms with E-state index in [-0.39, 0.29) is 11.7 Å². The Morgan fingerprint density at radius 1 is 1.31 bits per heavy atom. The third-order valence-electron chi connectivity index (χ3n) is 2.68. The summed E-state index contributed by atoms with van der Waals surface area (Å²) in [5, 5.41) is 18.7. The molecular weight excluding hydrogens is 200 g/mol. The summed E-state index contributed by atoms with van der Waals surface area (Å²) in [4.78, 5) is 0. The highest BCUT2D eigenvalue weighted by Gasteiger charge is 2.10. The summed E-state index contributed by atoms with van der Waals surface area (Å²) >= 11 is 0. The fraction of sp³-hybridized carbons (Fsp3) is 0.429. The van der Waals surface area contributed by atoms with Crippen LogP contribution in [0, 0.1) is 6.92 Å². The Morgan fingerprint density at radius 3 is 2.38 bits per heavy atom. The molecule has 0 saturated heterocycles. The average Bonchev–Trinajstić information content (AvgIpc) is 2.16. The summed E-state index contributed by atoms with van der Waals surface area (Å²) < 4.78 is 0. The maximum Gasteiger partial charge on any atom is 0.0877 e. The molecule has 1 rings (SSSR count). The van der Waals surface area contributed by atoms with Gasteiger partial charge in [-0.15, -0.1) is 0 Å². The molecule has 16 heavy (non-hydrogen) atoms. The fourth-order valence-electron chi connectivity index (χ4n) is 1.74. The lowest BCUT2D eigenvalue weighted by molar-refractivity contribution is 0.198. The number of aryl methyl sites for hydroxylation is 1. The Hall–Kier alpha value is -1.28. The topological polar surface area (TPSA) is 40.5 Å². The first kappa shape index (κ1) is 12.8. The van der Waals surface area contributed by atoms with Crippen molar-refractivity contribution < 1.29 is 10.2 Å². The van der Waals surface area contributed by atoms with Gasteiger partial charge in [-0.1, -0.05) is 36.8 Å². The lowest BCUT2D eigenvalue weighted by Crippen LogP contribution is -2.08. The van der Waals surface area contributed by atoms with Gasteiger partial charge in [-0.3, -0.25) is 0 Å². The van der Waals surface area contributed by atoms with Crippen molar-refractivity contribution >= 4 is 0 Å². The fourth-order valence-corrected chi connectivity index (χ4v) is 1.74. The first-order chi connectivity index (χ1) is 7.49. The molecule has 0 spiro atoms. The standard InChI is InChI=1S/C14H20O2/c1-10-4-6-13(7-5-10)11(2)8-14(16)9-12(3)15/h4-7,9,11,14-16H,8H2,1-3H3/b12-9-/t11-,14?/m0/s1. The van der Waals surface area contributed by atoms with Crippen molar-refractivity contribution in [1.29, 1.82) is 0 Å². The molecule has 2 atom stereocenters. The molecule has 0 bridgehead atoms.